The van der Waals surface area contributed by atoms with Crippen LogP contribution in [0.5, 0.6) is 0 Å². The number of amides is 1. The lowest BCUT2D eigenvalue weighted by Gasteiger charge is -2.40. The molecule has 1 amide bonds. The smallest absolute Gasteiger partial charge is 0.429 e. The first-order valence-corrected chi connectivity index (χ1v) is 7.29. The molecule has 0 N–H and O–H groups in total. The summed E-state index contributed by atoms with van der Waals surface area (Å²) in [5, 5.41) is 4.21. The van der Waals surface area contributed by atoms with Crippen LogP contribution in [0.25, 0.3) is 0 Å². The van der Waals surface area contributed by atoms with Crippen LogP contribution >= 0.6 is 11.6 Å². The molecule has 1 aromatic rings. The number of rotatable bonds is 1. The van der Waals surface area contributed by atoms with E-state index in [-0.39, 0.29) is 6.09 Å². The molecule has 1 aromatic carbocycles. The fourth-order valence-electron chi connectivity index (χ4n) is 2.18. The van der Waals surface area contributed by atoms with Crippen molar-refractivity contribution in [2.24, 2.45) is 0 Å². The first kappa shape index (κ1) is 15.0. The van der Waals surface area contributed by atoms with Crippen LogP contribution in [0.1, 0.15) is 33.6 Å². The van der Waals surface area contributed by atoms with Crippen molar-refractivity contribution >= 4 is 23.4 Å². The van der Waals surface area contributed by atoms with Crippen molar-refractivity contribution in [3.63, 3.8) is 0 Å². The van der Waals surface area contributed by atoms with Crippen LogP contribution in [0, 0.1) is 0 Å². The van der Waals surface area contributed by atoms with Gasteiger partial charge in [0, 0.05) is 13.1 Å². The van der Waals surface area contributed by atoms with Crippen LogP contribution in [0.2, 0.25) is 5.02 Å². The number of carbonyl (C=O) groups excluding carboxylic acids is 1. The largest absolute Gasteiger partial charge is 0.442 e. The zero-order chi connectivity index (χ0) is 14.8. The van der Waals surface area contributed by atoms with E-state index in [0.29, 0.717) is 11.6 Å². The minimum absolute atomic E-state index is 0.322. The second kappa shape index (κ2) is 5.92. The van der Waals surface area contributed by atoms with Crippen molar-refractivity contribution < 1.29 is 9.53 Å². The molecule has 20 heavy (non-hydrogen) atoms. The first-order chi connectivity index (χ1) is 9.38. The Kier molecular flexibility index (Phi) is 4.43. The number of hydrogen-bond acceptors (Lipinski definition) is 3. The number of ether oxygens (including phenoxy) is 1. The highest BCUT2D eigenvalue weighted by Gasteiger charge is 2.30. The monoisotopic (exact) mass is 296 g/mol. The number of anilines is 1. The van der Waals surface area contributed by atoms with E-state index in [1.54, 1.807) is 5.01 Å². The Bertz CT molecular complexity index is 485. The second-order valence-corrected chi connectivity index (χ2v) is 6.29. The molecule has 0 unspecified atom stereocenters. The number of benzene rings is 1. The summed E-state index contributed by atoms with van der Waals surface area (Å²) >= 11 is 6.24. The first-order valence-electron chi connectivity index (χ1n) is 6.91. The molecule has 0 aromatic heterocycles. The summed E-state index contributed by atoms with van der Waals surface area (Å²) in [7, 11) is 0. The highest BCUT2D eigenvalue weighted by atomic mass is 35.5. The standard InChI is InChI=1S/C15H21ClN2O2/c1-15(2,3)20-14(19)18-11-7-6-10-17(18)13-9-5-4-8-12(13)16/h4-5,8-9H,6-7,10-11H2,1-3H3. The molecule has 0 saturated carbocycles. The van der Waals surface area contributed by atoms with Gasteiger partial charge in [-0.1, -0.05) is 23.7 Å². The SMILES string of the molecule is CC(C)(C)OC(=O)N1CCCCN1c1ccccc1Cl. The Labute approximate surface area is 125 Å². The van der Waals surface area contributed by atoms with Crippen molar-refractivity contribution in [3.05, 3.63) is 29.3 Å². The van der Waals surface area contributed by atoms with Crippen LogP contribution in [0.15, 0.2) is 24.3 Å². The molecule has 1 saturated heterocycles. The molecule has 0 bridgehead atoms. The van der Waals surface area contributed by atoms with E-state index >= 15 is 0 Å². The third-order valence-corrected chi connectivity index (χ3v) is 3.34. The third kappa shape index (κ3) is 3.57. The lowest BCUT2D eigenvalue weighted by molar-refractivity contribution is 0.0192. The molecule has 1 heterocycles. The van der Waals surface area contributed by atoms with Crippen molar-refractivity contribution in [1.82, 2.24) is 5.01 Å². The third-order valence-electron chi connectivity index (χ3n) is 3.02. The van der Waals surface area contributed by atoms with E-state index in [0.717, 1.165) is 25.1 Å². The van der Waals surface area contributed by atoms with Crippen molar-refractivity contribution in [2.45, 2.75) is 39.2 Å². The Morgan fingerprint density at radius 2 is 1.85 bits per heavy atom. The lowest BCUT2D eigenvalue weighted by atomic mass is 10.2. The van der Waals surface area contributed by atoms with E-state index in [9.17, 15) is 4.79 Å². The number of halogens is 1. The molecular formula is C15H21ClN2O2. The van der Waals surface area contributed by atoms with E-state index in [4.69, 9.17) is 16.3 Å². The average molecular weight is 297 g/mol. The van der Waals surface area contributed by atoms with Gasteiger partial charge in [0.05, 0.1) is 10.7 Å². The summed E-state index contributed by atoms with van der Waals surface area (Å²) < 4.78 is 5.47. The van der Waals surface area contributed by atoms with Gasteiger partial charge in [-0.25, -0.2) is 9.80 Å². The van der Waals surface area contributed by atoms with Gasteiger partial charge in [-0.05, 0) is 45.7 Å². The van der Waals surface area contributed by atoms with Crippen LogP contribution in [-0.4, -0.2) is 29.8 Å². The van der Waals surface area contributed by atoms with Gasteiger partial charge >= 0.3 is 6.09 Å². The molecule has 1 aliphatic heterocycles. The maximum atomic E-state index is 12.3. The predicted octanol–water partition coefficient (Wildman–Crippen LogP) is 4.09. The fourth-order valence-corrected chi connectivity index (χ4v) is 2.41. The number of nitrogens with zero attached hydrogens (tertiary/aromatic N) is 2. The Balaban J connectivity index is 2.22. The minimum Gasteiger partial charge on any atom is -0.442 e. The van der Waals surface area contributed by atoms with E-state index in [2.05, 4.69) is 0 Å². The van der Waals surface area contributed by atoms with E-state index in [1.807, 2.05) is 50.0 Å². The highest BCUT2D eigenvalue weighted by Crippen LogP contribution is 2.29. The molecule has 0 aliphatic carbocycles. The van der Waals surface area contributed by atoms with E-state index < -0.39 is 5.60 Å². The summed E-state index contributed by atoms with van der Waals surface area (Å²) in [4.78, 5) is 12.3. The summed E-state index contributed by atoms with van der Waals surface area (Å²) in [6.45, 7) is 7.03. The second-order valence-electron chi connectivity index (χ2n) is 5.89. The molecule has 2 rings (SSSR count). The van der Waals surface area contributed by atoms with Crippen LogP contribution in [0.4, 0.5) is 10.5 Å². The van der Waals surface area contributed by atoms with Gasteiger partial charge in [0.15, 0.2) is 0 Å². The summed E-state index contributed by atoms with van der Waals surface area (Å²) in [5.74, 6) is 0. The number of carbonyl (C=O) groups is 1. The van der Waals surface area contributed by atoms with Gasteiger partial charge < -0.3 is 4.74 Å². The lowest BCUT2D eigenvalue weighted by Crippen LogP contribution is -2.52. The normalized spacial score (nSPS) is 16.2. The molecular weight excluding hydrogens is 276 g/mol. The molecule has 0 radical (unpaired) electrons. The Morgan fingerprint density at radius 1 is 1.20 bits per heavy atom. The zero-order valence-corrected chi connectivity index (χ0v) is 13.0. The molecule has 4 nitrogen and oxygen atoms in total. The molecule has 1 aliphatic rings. The highest BCUT2D eigenvalue weighted by molar-refractivity contribution is 6.33. The summed E-state index contributed by atoms with van der Waals surface area (Å²) in [5.41, 5.74) is 0.348. The van der Waals surface area contributed by atoms with Crippen molar-refractivity contribution in [3.8, 4) is 0 Å². The van der Waals surface area contributed by atoms with Crippen LogP contribution < -0.4 is 5.01 Å². The molecule has 0 atom stereocenters. The quantitative estimate of drug-likeness (QED) is 0.782. The van der Waals surface area contributed by atoms with Crippen LogP contribution in [-0.2, 0) is 4.74 Å². The molecule has 0 spiro atoms. The fraction of sp³-hybridized carbons (Fsp3) is 0.533. The number of hydrogen-bond donors (Lipinski definition) is 0. The molecule has 5 heteroatoms. The van der Waals surface area contributed by atoms with Crippen molar-refractivity contribution in [2.75, 3.05) is 18.1 Å². The maximum absolute atomic E-state index is 12.3. The maximum Gasteiger partial charge on any atom is 0.429 e. The van der Waals surface area contributed by atoms with Gasteiger partial charge in [0.2, 0.25) is 0 Å². The molecule has 1 fully saturated rings. The zero-order valence-electron chi connectivity index (χ0n) is 12.2. The van der Waals surface area contributed by atoms with Gasteiger partial charge in [-0.2, -0.15) is 0 Å². The minimum atomic E-state index is -0.499. The summed E-state index contributed by atoms with van der Waals surface area (Å²) in [6, 6.07) is 7.56. The number of para-hydroxylation sites is 1. The van der Waals surface area contributed by atoms with E-state index in [1.165, 1.54) is 0 Å². The topological polar surface area (TPSA) is 32.8 Å². The van der Waals surface area contributed by atoms with Crippen molar-refractivity contribution in [1.29, 1.82) is 0 Å². The number of hydrazine groups is 1. The summed E-state index contributed by atoms with van der Waals surface area (Å²) in [6.07, 6.45) is 1.68. The predicted molar refractivity (Wildman–Crippen MR) is 81.0 cm³/mol. The Morgan fingerprint density at radius 3 is 2.50 bits per heavy atom. The van der Waals surface area contributed by atoms with Gasteiger partial charge in [-0.15, -0.1) is 0 Å². The Hall–Kier alpha value is -1.42. The van der Waals surface area contributed by atoms with Gasteiger partial charge in [-0.3, -0.25) is 5.01 Å². The molecule has 110 valence electrons. The van der Waals surface area contributed by atoms with Gasteiger partial charge in [0.25, 0.3) is 0 Å². The average Bonchev–Trinajstić information content (AvgIpc) is 2.37. The van der Waals surface area contributed by atoms with Gasteiger partial charge in [0.1, 0.15) is 5.60 Å². The van der Waals surface area contributed by atoms with Crippen LogP contribution in [0.3, 0.4) is 0 Å².